The molecule has 0 atom stereocenters. The number of hydrogen-bond acceptors (Lipinski definition) is 3. The summed E-state index contributed by atoms with van der Waals surface area (Å²) in [6, 6.07) is 0. The molecule has 0 radical (unpaired) electrons. The monoisotopic (exact) mass is 217 g/mol. The van der Waals surface area contributed by atoms with E-state index in [9.17, 15) is 4.57 Å². The largest absolute Gasteiger partial charge is 0.697 e. The van der Waals surface area contributed by atoms with E-state index in [-0.39, 0.29) is 0 Å². The van der Waals surface area contributed by atoms with Crippen LogP contribution in [0.15, 0.2) is 0 Å². The number of rotatable bonds is 6. The van der Waals surface area contributed by atoms with Crippen molar-refractivity contribution in [3.63, 3.8) is 0 Å². The Bertz CT molecular complexity index is 180. The predicted molar refractivity (Wildman–Crippen MR) is 54.2 cm³/mol. The minimum Gasteiger partial charge on any atom is -0.119 e. The standard InChI is InChI=1S/C10H18O3P/c11-14(12-7-9-3-1-4-9)13-8-10-5-2-6-10/h9-10H,1-8H2/q+1. The second kappa shape index (κ2) is 5.20. The molecule has 0 saturated heterocycles. The first-order valence-electron chi connectivity index (χ1n) is 5.57. The van der Waals surface area contributed by atoms with Gasteiger partial charge in [0.05, 0.1) is 0 Å². The lowest BCUT2D eigenvalue weighted by atomic mass is 9.86. The molecule has 0 N–H and O–H groups in total. The van der Waals surface area contributed by atoms with Gasteiger partial charge in [0.15, 0.2) is 0 Å². The van der Waals surface area contributed by atoms with Crippen LogP contribution in [0.1, 0.15) is 38.5 Å². The van der Waals surface area contributed by atoms with Gasteiger partial charge in [-0.15, -0.1) is 9.05 Å². The first-order chi connectivity index (χ1) is 6.84. The molecule has 2 rings (SSSR count). The molecule has 0 bridgehead atoms. The zero-order chi connectivity index (χ0) is 9.80. The smallest absolute Gasteiger partial charge is 0.119 e. The van der Waals surface area contributed by atoms with Gasteiger partial charge < -0.3 is 0 Å². The first-order valence-corrected chi connectivity index (χ1v) is 6.67. The third kappa shape index (κ3) is 3.01. The summed E-state index contributed by atoms with van der Waals surface area (Å²) in [6.45, 7) is 1.25. The predicted octanol–water partition coefficient (Wildman–Crippen LogP) is 3.28. The zero-order valence-corrected chi connectivity index (χ0v) is 9.38. The van der Waals surface area contributed by atoms with E-state index in [1.165, 1.54) is 38.5 Å². The summed E-state index contributed by atoms with van der Waals surface area (Å²) in [5.74, 6) is 1.28. The van der Waals surface area contributed by atoms with Crippen molar-refractivity contribution >= 4 is 8.25 Å². The SMILES string of the molecule is O=[P+](OCC1CCC1)OCC1CCC1. The lowest BCUT2D eigenvalue weighted by Gasteiger charge is -2.23. The van der Waals surface area contributed by atoms with Crippen molar-refractivity contribution in [2.24, 2.45) is 11.8 Å². The molecule has 0 unspecified atom stereocenters. The molecule has 2 aliphatic carbocycles. The Balaban J connectivity index is 1.49. The molecule has 0 aromatic rings. The Morgan fingerprint density at radius 1 is 0.929 bits per heavy atom. The van der Waals surface area contributed by atoms with Crippen molar-refractivity contribution in [1.82, 2.24) is 0 Å². The summed E-state index contributed by atoms with van der Waals surface area (Å²) in [6.07, 6.45) is 7.51. The van der Waals surface area contributed by atoms with Crippen molar-refractivity contribution in [3.8, 4) is 0 Å². The molecular formula is C10H18O3P+. The van der Waals surface area contributed by atoms with Crippen molar-refractivity contribution in [3.05, 3.63) is 0 Å². The molecular weight excluding hydrogens is 199 g/mol. The van der Waals surface area contributed by atoms with Gasteiger partial charge in [0.2, 0.25) is 0 Å². The molecule has 0 aromatic heterocycles. The minimum atomic E-state index is -1.84. The van der Waals surface area contributed by atoms with Crippen molar-refractivity contribution in [1.29, 1.82) is 0 Å². The quantitative estimate of drug-likeness (QED) is 0.640. The van der Waals surface area contributed by atoms with Crippen LogP contribution in [0.2, 0.25) is 0 Å². The fraction of sp³-hybridized carbons (Fsp3) is 1.00. The van der Waals surface area contributed by atoms with Crippen LogP contribution in [0.3, 0.4) is 0 Å². The molecule has 80 valence electrons. The topological polar surface area (TPSA) is 35.5 Å². The number of hydrogen-bond donors (Lipinski definition) is 0. The van der Waals surface area contributed by atoms with Gasteiger partial charge in [-0.1, -0.05) is 12.8 Å². The van der Waals surface area contributed by atoms with Gasteiger partial charge in [0.1, 0.15) is 13.2 Å². The highest BCUT2D eigenvalue weighted by Crippen LogP contribution is 2.34. The van der Waals surface area contributed by atoms with E-state index in [2.05, 4.69) is 0 Å². The maximum absolute atomic E-state index is 11.2. The van der Waals surface area contributed by atoms with Crippen LogP contribution in [0, 0.1) is 11.8 Å². The van der Waals surface area contributed by atoms with Crippen LogP contribution < -0.4 is 0 Å². The van der Waals surface area contributed by atoms with Crippen LogP contribution in [0.4, 0.5) is 0 Å². The molecule has 4 heteroatoms. The maximum atomic E-state index is 11.2. The zero-order valence-electron chi connectivity index (χ0n) is 8.48. The molecule has 2 saturated carbocycles. The highest BCUT2D eigenvalue weighted by molar-refractivity contribution is 7.33. The van der Waals surface area contributed by atoms with Gasteiger partial charge in [-0.25, -0.2) is 0 Å². The summed E-state index contributed by atoms with van der Waals surface area (Å²) in [4.78, 5) is 0. The highest BCUT2D eigenvalue weighted by Gasteiger charge is 2.29. The first kappa shape index (κ1) is 10.5. The van der Waals surface area contributed by atoms with E-state index in [4.69, 9.17) is 9.05 Å². The normalized spacial score (nSPS) is 22.9. The molecule has 0 aliphatic heterocycles. The molecule has 0 amide bonds. The lowest BCUT2D eigenvalue weighted by molar-refractivity contribution is 0.130. The third-order valence-corrected chi connectivity index (χ3v) is 4.00. The molecule has 2 fully saturated rings. The second-order valence-corrected chi connectivity index (χ2v) is 5.37. The Morgan fingerprint density at radius 2 is 1.36 bits per heavy atom. The average molecular weight is 217 g/mol. The summed E-state index contributed by atoms with van der Waals surface area (Å²) >= 11 is 0. The maximum Gasteiger partial charge on any atom is 0.697 e. The Labute approximate surface area is 86.1 Å². The Kier molecular flexibility index (Phi) is 3.91. The van der Waals surface area contributed by atoms with E-state index < -0.39 is 8.25 Å². The fourth-order valence-corrected chi connectivity index (χ4v) is 2.43. The summed E-state index contributed by atoms with van der Waals surface area (Å²) in [7, 11) is -1.84. The molecule has 3 nitrogen and oxygen atoms in total. The van der Waals surface area contributed by atoms with Crippen molar-refractivity contribution in [2.75, 3.05) is 13.2 Å². The summed E-state index contributed by atoms with van der Waals surface area (Å²) < 4.78 is 21.5. The van der Waals surface area contributed by atoms with Crippen LogP contribution in [-0.2, 0) is 13.6 Å². The highest BCUT2D eigenvalue weighted by atomic mass is 31.1. The van der Waals surface area contributed by atoms with Gasteiger partial charge in [0.25, 0.3) is 0 Å². The van der Waals surface area contributed by atoms with E-state index in [0.717, 1.165) is 0 Å². The van der Waals surface area contributed by atoms with E-state index in [1.54, 1.807) is 0 Å². The molecule has 0 aromatic carbocycles. The molecule has 14 heavy (non-hydrogen) atoms. The van der Waals surface area contributed by atoms with Gasteiger partial charge in [-0.3, -0.25) is 0 Å². The fourth-order valence-electron chi connectivity index (χ4n) is 1.69. The van der Waals surface area contributed by atoms with E-state index >= 15 is 0 Å². The van der Waals surface area contributed by atoms with Crippen LogP contribution >= 0.6 is 8.25 Å². The Hall–Kier alpha value is 0.0200. The molecule has 0 heterocycles. The van der Waals surface area contributed by atoms with Crippen LogP contribution in [0.25, 0.3) is 0 Å². The van der Waals surface area contributed by atoms with Crippen molar-refractivity contribution < 1.29 is 13.6 Å². The third-order valence-electron chi connectivity index (χ3n) is 3.28. The lowest BCUT2D eigenvalue weighted by Crippen LogP contribution is -2.17. The minimum absolute atomic E-state index is 0.625. The van der Waals surface area contributed by atoms with Crippen molar-refractivity contribution in [2.45, 2.75) is 38.5 Å². The second-order valence-electron chi connectivity index (χ2n) is 4.41. The Morgan fingerprint density at radius 3 is 1.64 bits per heavy atom. The molecule has 0 spiro atoms. The van der Waals surface area contributed by atoms with Gasteiger partial charge in [-0.2, -0.15) is 0 Å². The summed E-state index contributed by atoms with van der Waals surface area (Å²) in [5, 5.41) is 0. The van der Waals surface area contributed by atoms with E-state index in [1.807, 2.05) is 0 Å². The van der Waals surface area contributed by atoms with E-state index in [0.29, 0.717) is 25.0 Å². The molecule has 2 aliphatic rings. The average Bonchev–Trinajstić information content (AvgIpc) is 1.98. The van der Waals surface area contributed by atoms with Gasteiger partial charge in [-0.05, 0) is 37.5 Å². The van der Waals surface area contributed by atoms with Crippen LogP contribution in [0.5, 0.6) is 0 Å². The summed E-state index contributed by atoms with van der Waals surface area (Å²) in [5.41, 5.74) is 0. The van der Waals surface area contributed by atoms with Gasteiger partial charge >= 0.3 is 8.25 Å². The van der Waals surface area contributed by atoms with Crippen LogP contribution in [-0.4, -0.2) is 13.2 Å². The van der Waals surface area contributed by atoms with Gasteiger partial charge in [0, 0.05) is 4.57 Å².